The van der Waals surface area contributed by atoms with Crippen molar-refractivity contribution in [3.8, 4) is 0 Å². The molecular formula is C24H44O3Si2. The SMILES string of the molecule is CC(C[Si]OC(C)(C)C)C(=O)O[Si](C1CCCCC1)(C1CCCC1)C1CCCC1. The van der Waals surface area contributed by atoms with Crippen LogP contribution in [0.25, 0.3) is 0 Å². The summed E-state index contributed by atoms with van der Waals surface area (Å²) >= 11 is 0. The van der Waals surface area contributed by atoms with E-state index < -0.39 is 8.32 Å². The van der Waals surface area contributed by atoms with Gasteiger partial charge in [-0.25, -0.2) is 0 Å². The summed E-state index contributed by atoms with van der Waals surface area (Å²) in [7, 11) is -1.74. The summed E-state index contributed by atoms with van der Waals surface area (Å²) < 4.78 is 12.9. The smallest absolute Gasteiger partial charge is 0.295 e. The maximum atomic E-state index is 13.4. The van der Waals surface area contributed by atoms with E-state index in [4.69, 9.17) is 8.85 Å². The van der Waals surface area contributed by atoms with Gasteiger partial charge in [0, 0.05) is 5.60 Å². The van der Waals surface area contributed by atoms with Gasteiger partial charge in [-0.05, 0) is 82.0 Å². The van der Waals surface area contributed by atoms with Gasteiger partial charge in [0.1, 0.15) is 0 Å². The van der Waals surface area contributed by atoms with E-state index in [1.54, 1.807) is 0 Å². The van der Waals surface area contributed by atoms with Crippen LogP contribution in [-0.4, -0.2) is 29.7 Å². The van der Waals surface area contributed by atoms with Crippen LogP contribution in [0.5, 0.6) is 0 Å². The second-order valence-corrected chi connectivity index (χ2v) is 16.3. The second kappa shape index (κ2) is 10.5. The van der Waals surface area contributed by atoms with Gasteiger partial charge in [0.05, 0.1) is 5.92 Å². The average Bonchev–Trinajstić information content (AvgIpc) is 3.40. The van der Waals surface area contributed by atoms with Crippen LogP contribution in [-0.2, 0) is 13.6 Å². The van der Waals surface area contributed by atoms with Crippen molar-refractivity contribution in [1.29, 1.82) is 0 Å². The summed E-state index contributed by atoms with van der Waals surface area (Å²) in [4.78, 5) is 13.4. The van der Waals surface area contributed by atoms with Gasteiger partial charge < -0.3 is 8.85 Å². The van der Waals surface area contributed by atoms with E-state index >= 15 is 0 Å². The van der Waals surface area contributed by atoms with Crippen molar-refractivity contribution < 1.29 is 13.6 Å². The van der Waals surface area contributed by atoms with Gasteiger partial charge in [-0.1, -0.05) is 51.9 Å². The molecule has 29 heavy (non-hydrogen) atoms. The standard InChI is InChI=1S/C24H44O3Si2/c1-19(18-28-27-24(2,3)4)23(25)26-29(21-14-8-9-15-21,22-16-10-11-17-22)20-12-6-5-7-13-20/h19-22H,5-18H2,1-4H3. The third-order valence-electron chi connectivity index (χ3n) is 7.68. The van der Waals surface area contributed by atoms with E-state index in [0.29, 0.717) is 9.76 Å². The van der Waals surface area contributed by atoms with Crippen LogP contribution < -0.4 is 0 Å². The fourth-order valence-electron chi connectivity index (χ4n) is 6.30. The van der Waals surface area contributed by atoms with Crippen LogP contribution in [0, 0.1) is 5.92 Å². The highest BCUT2D eigenvalue weighted by molar-refractivity contribution is 6.79. The minimum atomic E-state index is -2.12. The molecule has 0 bridgehead atoms. The monoisotopic (exact) mass is 436 g/mol. The van der Waals surface area contributed by atoms with Crippen molar-refractivity contribution in [2.45, 2.75) is 139 Å². The molecule has 0 N–H and O–H groups in total. The lowest BCUT2D eigenvalue weighted by Crippen LogP contribution is -2.53. The first-order valence-electron chi connectivity index (χ1n) is 12.5. The molecule has 1 unspecified atom stereocenters. The first-order chi connectivity index (χ1) is 13.8. The predicted octanol–water partition coefficient (Wildman–Crippen LogP) is 7.19. The zero-order valence-electron chi connectivity index (χ0n) is 19.4. The van der Waals surface area contributed by atoms with Gasteiger partial charge in [0.25, 0.3) is 14.3 Å². The highest BCUT2D eigenvalue weighted by Crippen LogP contribution is 2.58. The molecule has 3 aliphatic rings. The molecule has 1 atom stereocenters. The van der Waals surface area contributed by atoms with Crippen molar-refractivity contribution in [2.75, 3.05) is 0 Å². The van der Waals surface area contributed by atoms with Crippen LogP contribution in [0.1, 0.15) is 111 Å². The Kier molecular flexibility index (Phi) is 8.48. The first-order valence-corrected chi connectivity index (χ1v) is 15.7. The van der Waals surface area contributed by atoms with E-state index in [1.165, 1.54) is 83.5 Å². The normalized spacial score (nSPS) is 24.1. The lowest BCUT2D eigenvalue weighted by Gasteiger charge is -2.48. The number of hydrogen-bond donors (Lipinski definition) is 0. The average molecular weight is 437 g/mol. The summed E-state index contributed by atoms with van der Waals surface area (Å²) in [5, 5.41) is 0. The van der Waals surface area contributed by atoms with Crippen LogP contribution in [0.3, 0.4) is 0 Å². The van der Waals surface area contributed by atoms with E-state index in [0.717, 1.165) is 22.7 Å². The van der Waals surface area contributed by atoms with Crippen LogP contribution >= 0.6 is 0 Å². The second-order valence-electron chi connectivity index (χ2n) is 11.0. The zero-order chi connectivity index (χ0) is 20.9. The molecule has 0 aromatic rings. The first kappa shape index (κ1) is 23.5. The van der Waals surface area contributed by atoms with Crippen LogP contribution in [0.4, 0.5) is 0 Å². The molecule has 166 valence electrons. The number of carbonyl (C=O) groups is 1. The molecule has 3 aliphatic carbocycles. The van der Waals surface area contributed by atoms with Crippen LogP contribution in [0.2, 0.25) is 22.7 Å². The fourth-order valence-corrected chi connectivity index (χ4v) is 14.2. The Balaban J connectivity index is 1.77. The Hall–Kier alpha value is -0.136. The Morgan fingerprint density at radius 1 is 0.862 bits per heavy atom. The molecule has 5 heteroatoms. The number of hydrogen-bond acceptors (Lipinski definition) is 3. The van der Waals surface area contributed by atoms with Gasteiger partial charge in [0.15, 0.2) is 0 Å². The Bertz CT molecular complexity index is 497. The molecule has 2 radical (unpaired) electrons. The summed E-state index contributed by atoms with van der Waals surface area (Å²) in [6.07, 6.45) is 17.5. The van der Waals surface area contributed by atoms with E-state index in [-0.39, 0.29) is 17.5 Å². The summed E-state index contributed by atoms with van der Waals surface area (Å²) in [5.41, 5.74) is 2.07. The molecule has 3 saturated carbocycles. The third kappa shape index (κ3) is 5.97. The number of rotatable bonds is 8. The molecule has 0 amide bonds. The van der Waals surface area contributed by atoms with Gasteiger partial charge in [-0.3, -0.25) is 4.79 Å². The van der Waals surface area contributed by atoms with Crippen molar-refractivity contribution >= 4 is 24.0 Å². The third-order valence-corrected chi connectivity index (χ3v) is 15.3. The minimum absolute atomic E-state index is 0.0334. The number of carbonyl (C=O) groups excluding carboxylic acids is 1. The minimum Gasteiger partial charge on any atom is -0.518 e. The van der Waals surface area contributed by atoms with Crippen molar-refractivity contribution in [3.05, 3.63) is 0 Å². The molecule has 3 rings (SSSR count). The van der Waals surface area contributed by atoms with E-state index in [2.05, 4.69) is 27.7 Å². The highest BCUT2D eigenvalue weighted by Gasteiger charge is 2.58. The van der Waals surface area contributed by atoms with E-state index in [1.807, 2.05) is 0 Å². The van der Waals surface area contributed by atoms with Crippen molar-refractivity contribution in [2.24, 2.45) is 5.92 Å². The van der Waals surface area contributed by atoms with E-state index in [9.17, 15) is 4.79 Å². The Morgan fingerprint density at radius 3 is 1.69 bits per heavy atom. The van der Waals surface area contributed by atoms with Crippen molar-refractivity contribution in [3.63, 3.8) is 0 Å². The predicted molar refractivity (Wildman–Crippen MR) is 124 cm³/mol. The van der Waals surface area contributed by atoms with Gasteiger partial charge in [-0.15, -0.1) is 0 Å². The summed E-state index contributed by atoms with van der Waals surface area (Å²) in [5.74, 6) is 0.0833. The Morgan fingerprint density at radius 2 is 1.28 bits per heavy atom. The molecule has 3 fully saturated rings. The summed E-state index contributed by atoms with van der Waals surface area (Å²) in [6, 6.07) is 0.806. The molecule has 3 nitrogen and oxygen atoms in total. The maximum Gasteiger partial charge on any atom is 0.295 e. The lowest BCUT2D eigenvalue weighted by molar-refractivity contribution is -0.139. The van der Waals surface area contributed by atoms with Gasteiger partial charge >= 0.3 is 0 Å². The zero-order valence-corrected chi connectivity index (χ0v) is 21.4. The van der Waals surface area contributed by atoms with Crippen LogP contribution in [0.15, 0.2) is 0 Å². The molecule has 0 aliphatic heterocycles. The quantitative estimate of drug-likeness (QED) is 0.378. The molecule has 0 saturated heterocycles. The lowest BCUT2D eigenvalue weighted by atomic mass is 10.0. The molecule has 0 aromatic heterocycles. The topological polar surface area (TPSA) is 35.5 Å². The summed E-state index contributed by atoms with van der Waals surface area (Å²) in [6.45, 7) is 8.34. The van der Waals surface area contributed by atoms with Gasteiger partial charge in [0.2, 0.25) is 9.76 Å². The molecular weight excluding hydrogens is 392 g/mol. The molecule has 0 heterocycles. The molecule has 0 aromatic carbocycles. The molecule has 0 spiro atoms. The highest BCUT2D eigenvalue weighted by atomic mass is 28.4. The van der Waals surface area contributed by atoms with Gasteiger partial charge in [-0.2, -0.15) is 0 Å². The maximum absolute atomic E-state index is 13.4. The van der Waals surface area contributed by atoms with Crippen molar-refractivity contribution in [1.82, 2.24) is 0 Å². The fraction of sp³-hybridized carbons (Fsp3) is 0.958. The Labute approximate surface area is 183 Å². The largest absolute Gasteiger partial charge is 0.518 e.